The molecule has 1 N–H and O–H groups in total. The van der Waals surface area contributed by atoms with Crippen molar-refractivity contribution in [3.8, 4) is 0 Å². The minimum Gasteiger partial charge on any atom is -0.359 e. The average Bonchev–Trinajstić information content (AvgIpc) is 3.18. The van der Waals surface area contributed by atoms with Crippen LogP contribution in [0.1, 0.15) is 43.1 Å². The Labute approximate surface area is 123 Å². The largest absolute Gasteiger partial charge is 0.359 e. The first-order valence-corrected chi connectivity index (χ1v) is 8.45. The van der Waals surface area contributed by atoms with Crippen molar-refractivity contribution < 1.29 is 12.9 Å². The average molecular weight is 310 g/mol. The summed E-state index contributed by atoms with van der Waals surface area (Å²) in [4.78, 5) is 6.95. The first-order valence-electron chi connectivity index (χ1n) is 7.01. The summed E-state index contributed by atoms with van der Waals surface area (Å²) in [6, 6.07) is 1.51. The van der Waals surface area contributed by atoms with Crippen LogP contribution in [0.15, 0.2) is 21.8 Å². The zero-order valence-corrected chi connectivity index (χ0v) is 12.9. The lowest BCUT2D eigenvalue weighted by Gasteiger charge is -2.20. The number of imidazole rings is 1. The molecule has 1 atom stereocenters. The maximum atomic E-state index is 12.7. The molecule has 1 aliphatic heterocycles. The van der Waals surface area contributed by atoms with Gasteiger partial charge in [0.1, 0.15) is 5.82 Å². The molecule has 0 amide bonds. The van der Waals surface area contributed by atoms with Gasteiger partial charge in [-0.25, -0.2) is 13.4 Å². The summed E-state index contributed by atoms with van der Waals surface area (Å²) >= 11 is 0. The summed E-state index contributed by atoms with van der Waals surface area (Å²) in [5.74, 6) is 1.27. The third-order valence-corrected chi connectivity index (χ3v) is 5.52. The molecule has 0 radical (unpaired) electrons. The minimum absolute atomic E-state index is 0.141. The first kappa shape index (κ1) is 14.3. The van der Waals surface area contributed by atoms with Crippen LogP contribution in [0.25, 0.3) is 0 Å². The van der Waals surface area contributed by atoms with Crippen LogP contribution >= 0.6 is 0 Å². The van der Waals surface area contributed by atoms with Gasteiger partial charge >= 0.3 is 0 Å². The number of aromatic nitrogens is 3. The molecule has 114 valence electrons. The summed E-state index contributed by atoms with van der Waals surface area (Å²) in [7, 11) is -3.59. The van der Waals surface area contributed by atoms with Crippen LogP contribution in [0, 0.1) is 6.92 Å². The van der Waals surface area contributed by atoms with Gasteiger partial charge in [0.25, 0.3) is 10.0 Å². The van der Waals surface area contributed by atoms with Crippen molar-refractivity contribution >= 4 is 10.0 Å². The number of aromatic amines is 1. The fourth-order valence-electron chi connectivity index (χ4n) is 2.63. The second-order valence-corrected chi connectivity index (χ2v) is 7.05. The van der Waals surface area contributed by atoms with E-state index >= 15 is 0 Å². The number of rotatable bonds is 4. The number of H-pyrrole nitrogens is 1. The fraction of sp³-hybridized carbons (Fsp3) is 0.538. The standard InChI is InChI=1S/C13H18N4O3S/c1-3-12-14-8-13(15-12)21(18,19)17-6-4-5-10(17)11-7-9(2)16-20-11/h7-8,10H,3-6H2,1-2H3,(H,14,15). The molecule has 1 unspecified atom stereocenters. The van der Waals surface area contributed by atoms with Crippen molar-refractivity contribution in [1.82, 2.24) is 19.4 Å². The molecule has 2 aromatic heterocycles. The highest BCUT2D eigenvalue weighted by Crippen LogP contribution is 2.36. The highest BCUT2D eigenvalue weighted by Gasteiger charge is 2.39. The number of nitrogens with zero attached hydrogens (tertiary/aromatic N) is 3. The van der Waals surface area contributed by atoms with E-state index in [4.69, 9.17) is 4.52 Å². The van der Waals surface area contributed by atoms with Crippen molar-refractivity contribution in [2.75, 3.05) is 6.54 Å². The van der Waals surface area contributed by atoms with Gasteiger partial charge in [-0.1, -0.05) is 12.1 Å². The molecule has 3 rings (SSSR count). The van der Waals surface area contributed by atoms with Gasteiger partial charge in [-0.3, -0.25) is 0 Å². The van der Waals surface area contributed by atoms with E-state index in [-0.39, 0.29) is 11.1 Å². The number of sulfonamides is 1. The molecule has 0 saturated carbocycles. The Bertz CT molecular complexity index is 734. The van der Waals surface area contributed by atoms with E-state index in [1.165, 1.54) is 10.5 Å². The first-order chi connectivity index (χ1) is 10.0. The van der Waals surface area contributed by atoms with Crippen LogP contribution in [0.3, 0.4) is 0 Å². The van der Waals surface area contributed by atoms with E-state index in [0.717, 1.165) is 18.5 Å². The van der Waals surface area contributed by atoms with Gasteiger partial charge in [-0.2, -0.15) is 4.31 Å². The predicted molar refractivity (Wildman–Crippen MR) is 75.1 cm³/mol. The molecule has 0 aliphatic carbocycles. The monoisotopic (exact) mass is 310 g/mol. The van der Waals surface area contributed by atoms with E-state index < -0.39 is 10.0 Å². The lowest BCUT2D eigenvalue weighted by atomic mass is 10.2. The summed E-state index contributed by atoms with van der Waals surface area (Å²) in [6.45, 7) is 4.22. The maximum absolute atomic E-state index is 12.7. The molecule has 7 nitrogen and oxygen atoms in total. The predicted octanol–water partition coefficient (Wildman–Crippen LogP) is 1.79. The highest BCUT2D eigenvalue weighted by molar-refractivity contribution is 7.89. The SMILES string of the molecule is CCc1ncc(S(=O)(=O)N2CCCC2c2cc(C)no2)[nH]1. The Morgan fingerprint density at radius 1 is 1.52 bits per heavy atom. The topological polar surface area (TPSA) is 92.1 Å². The van der Waals surface area contributed by atoms with Gasteiger partial charge in [-0.15, -0.1) is 0 Å². The van der Waals surface area contributed by atoms with Gasteiger partial charge in [0.15, 0.2) is 10.8 Å². The quantitative estimate of drug-likeness (QED) is 0.929. The highest BCUT2D eigenvalue weighted by atomic mass is 32.2. The third kappa shape index (κ3) is 2.49. The molecular weight excluding hydrogens is 292 g/mol. The van der Waals surface area contributed by atoms with Gasteiger partial charge in [0.05, 0.1) is 17.9 Å². The zero-order valence-electron chi connectivity index (χ0n) is 12.0. The van der Waals surface area contributed by atoms with Crippen molar-refractivity contribution in [3.05, 3.63) is 29.5 Å². The molecule has 0 aromatic carbocycles. The van der Waals surface area contributed by atoms with Crippen molar-refractivity contribution in [2.24, 2.45) is 0 Å². The van der Waals surface area contributed by atoms with E-state index in [9.17, 15) is 8.42 Å². The van der Waals surface area contributed by atoms with Crippen LogP contribution < -0.4 is 0 Å². The Kier molecular flexibility index (Phi) is 3.58. The summed E-state index contributed by atoms with van der Waals surface area (Å²) in [5.41, 5.74) is 0.754. The van der Waals surface area contributed by atoms with E-state index in [1.807, 2.05) is 13.8 Å². The van der Waals surface area contributed by atoms with Crippen molar-refractivity contribution in [3.63, 3.8) is 0 Å². The van der Waals surface area contributed by atoms with Gasteiger partial charge < -0.3 is 9.51 Å². The van der Waals surface area contributed by atoms with Gasteiger partial charge in [0, 0.05) is 19.0 Å². The second-order valence-electron chi connectivity index (χ2n) is 5.19. The normalized spacial score (nSPS) is 20.2. The molecule has 0 bridgehead atoms. The van der Waals surface area contributed by atoms with Crippen LogP contribution in [0.2, 0.25) is 0 Å². The van der Waals surface area contributed by atoms with Gasteiger partial charge in [0.2, 0.25) is 0 Å². The lowest BCUT2D eigenvalue weighted by molar-refractivity contribution is 0.296. The third-order valence-electron chi connectivity index (χ3n) is 3.70. The van der Waals surface area contributed by atoms with E-state index in [1.54, 1.807) is 6.07 Å². The Morgan fingerprint density at radius 2 is 2.33 bits per heavy atom. The van der Waals surface area contributed by atoms with E-state index in [2.05, 4.69) is 15.1 Å². The molecule has 8 heteroatoms. The Morgan fingerprint density at radius 3 is 2.95 bits per heavy atom. The minimum atomic E-state index is -3.59. The zero-order chi connectivity index (χ0) is 15.0. The molecule has 1 aliphatic rings. The van der Waals surface area contributed by atoms with Crippen LogP contribution in [-0.2, 0) is 16.4 Å². The molecular formula is C13H18N4O3S. The molecule has 21 heavy (non-hydrogen) atoms. The van der Waals surface area contributed by atoms with E-state index in [0.29, 0.717) is 24.6 Å². The van der Waals surface area contributed by atoms with Crippen LogP contribution in [0.4, 0.5) is 0 Å². The molecule has 0 spiro atoms. The lowest BCUT2D eigenvalue weighted by Crippen LogP contribution is -2.30. The molecule has 2 aromatic rings. The molecule has 3 heterocycles. The Hall–Kier alpha value is -1.67. The number of nitrogens with one attached hydrogen (secondary N) is 1. The molecule has 1 fully saturated rings. The maximum Gasteiger partial charge on any atom is 0.260 e. The number of aryl methyl sites for hydroxylation is 2. The second kappa shape index (κ2) is 5.27. The summed E-state index contributed by atoms with van der Waals surface area (Å²) < 4.78 is 32.2. The van der Waals surface area contributed by atoms with Crippen LogP contribution in [0.5, 0.6) is 0 Å². The smallest absolute Gasteiger partial charge is 0.260 e. The number of hydrogen-bond donors (Lipinski definition) is 1. The summed E-state index contributed by atoms with van der Waals surface area (Å²) in [6.07, 6.45) is 3.59. The Balaban J connectivity index is 1.93. The van der Waals surface area contributed by atoms with Crippen molar-refractivity contribution in [1.29, 1.82) is 0 Å². The fourth-order valence-corrected chi connectivity index (χ4v) is 4.23. The molecule has 1 saturated heterocycles. The number of hydrogen-bond acceptors (Lipinski definition) is 5. The van der Waals surface area contributed by atoms with Crippen molar-refractivity contribution in [2.45, 2.75) is 44.2 Å². The van der Waals surface area contributed by atoms with Gasteiger partial charge in [-0.05, 0) is 19.8 Å². The van der Waals surface area contributed by atoms with Crippen LogP contribution in [-0.4, -0.2) is 34.4 Å². The summed E-state index contributed by atoms with van der Waals surface area (Å²) in [5, 5.41) is 3.99.